The second kappa shape index (κ2) is 12.4. The van der Waals surface area contributed by atoms with Crippen molar-refractivity contribution < 1.29 is 46.1 Å². The molecule has 0 aliphatic carbocycles. The largest absolute Gasteiger partial charge is 0.497 e. The van der Waals surface area contributed by atoms with E-state index in [0.717, 1.165) is 0 Å². The molecule has 2 aromatic carbocycles. The number of rotatable bonds is 11. The van der Waals surface area contributed by atoms with Crippen LogP contribution in [0.4, 0.5) is 13.2 Å². The van der Waals surface area contributed by atoms with Crippen LogP contribution in [0.5, 0.6) is 23.0 Å². The highest BCUT2D eigenvalue weighted by molar-refractivity contribution is 8.07. The first-order chi connectivity index (χ1) is 19.4. The molecular weight excluding hydrogens is 616 g/mol. The van der Waals surface area contributed by atoms with Crippen molar-refractivity contribution in [3.63, 3.8) is 0 Å². The van der Waals surface area contributed by atoms with Gasteiger partial charge in [-0.15, -0.1) is 0 Å². The Morgan fingerprint density at radius 1 is 1.05 bits per heavy atom. The standard InChI is InChI=1S/C24H23ClF3N2O9PS/c1-34-13-3-7-15(8-4-13)38-40(41,39-16-9-5-14(35-2)6-10-16)36-12-24(22(27)28)19(31)18(26)21(37-24)30-11-17(25)20(32)29-23(30)33/h3-11,18-19,21-22,31H,12H2,1-2H3,(H,29,32,33). The summed E-state index contributed by atoms with van der Waals surface area (Å²) < 4.78 is 77.3. The van der Waals surface area contributed by atoms with Crippen LogP contribution in [0.15, 0.2) is 64.3 Å². The summed E-state index contributed by atoms with van der Waals surface area (Å²) in [5.41, 5.74) is -5.23. The fourth-order valence-corrected chi connectivity index (χ4v) is 5.88. The number of nitrogens with one attached hydrogen (secondary N) is 1. The summed E-state index contributed by atoms with van der Waals surface area (Å²) in [4.78, 5) is 25.7. The molecule has 2 heterocycles. The van der Waals surface area contributed by atoms with Gasteiger partial charge in [0.05, 0.1) is 20.8 Å². The molecule has 41 heavy (non-hydrogen) atoms. The fourth-order valence-electron chi connectivity index (χ4n) is 3.79. The molecule has 0 radical (unpaired) electrons. The van der Waals surface area contributed by atoms with Crippen LogP contribution in [0.25, 0.3) is 0 Å². The van der Waals surface area contributed by atoms with E-state index < -0.39 is 60.1 Å². The smallest absolute Gasteiger partial charge is 0.435 e. The maximum Gasteiger partial charge on any atom is 0.435 e. The van der Waals surface area contributed by atoms with Crippen LogP contribution in [0.1, 0.15) is 6.23 Å². The van der Waals surface area contributed by atoms with E-state index in [1.54, 1.807) is 4.98 Å². The molecule has 0 spiro atoms. The Morgan fingerprint density at radius 3 is 2.00 bits per heavy atom. The Hall–Kier alpha value is -3.07. The lowest BCUT2D eigenvalue weighted by molar-refractivity contribution is -0.192. The maximum atomic E-state index is 15.2. The molecule has 222 valence electrons. The van der Waals surface area contributed by atoms with Crippen LogP contribution in [-0.2, 0) is 21.1 Å². The van der Waals surface area contributed by atoms with E-state index in [1.165, 1.54) is 62.8 Å². The molecule has 4 unspecified atom stereocenters. The SMILES string of the molecule is COc1ccc(OP(=S)(OCC2(C(F)F)OC(n3cc(Cl)c(=O)[nH]c3=O)C(F)C2O)Oc2ccc(OC)cc2)cc1. The molecule has 0 saturated carbocycles. The van der Waals surface area contributed by atoms with Gasteiger partial charge in [0.25, 0.3) is 12.0 Å². The Bertz CT molecular complexity index is 1470. The number of halogens is 4. The normalized spacial score (nSPS) is 22.5. The molecule has 2 N–H and O–H groups in total. The van der Waals surface area contributed by atoms with Crippen molar-refractivity contribution >= 4 is 30.1 Å². The average Bonchev–Trinajstić information content (AvgIpc) is 3.21. The van der Waals surface area contributed by atoms with Crippen molar-refractivity contribution in [1.82, 2.24) is 9.55 Å². The summed E-state index contributed by atoms with van der Waals surface area (Å²) in [5.74, 6) is 1.22. The lowest BCUT2D eigenvalue weighted by Gasteiger charge is -2.32. The number of alkyl halides is 3. The van der Waals surface area contributed by atoms with E-state index in [0.29, 0.717) is 22.3 Å². The lowest BCUT2D eigenvalue weighted by Crippen LogP contribution is -2.52. The molecule has 17 heteroatoms. The number of methoxy groups -OCH3 is 2. The van der Waals surface area contributed by atoms with Crippen LogP contribution >= 0.6 is 18.3 Å². The molecule has 1 fully saturated rings. The van der Waals surface area contributed by atoms with E-state index in [9.17, 15) is 23.5 Å². The van der Waals surface area contributed by atoms with Crippen molar-refractivity contribution in [3.05, 3.63) is 80.6 Å². The molecule has 4 rings (SSSR count). The predicted octanol–water partition coefficient (Wildman–Crippen LogP) is 3.84. The molecule has 3 aromatic rings. The molecular formula is C24H23ClF3N2O9PS. The van der Waals surface area contributed by atoms with Crippen molar-refractivity contribution in [3.8, 4) is 23.0 Å². The van der Waals surface area contributed by atoms with Gasteiger partial charge in [0.1, 0.15) is 34.1 Å². The molecule has 4 atom stereocenters. The average molecular weight is 639 g/mol. The van der Waals surface area contributed by atoms with E-state index >= 15 is 4.39 Å². The van der Waals surface area contributed by atoms with Gasteiger partial charge in [-0.1, -0.05) is 11.6 Å². The second-order valence-corrected chi connectivity index (χ2v) is 11.8. The van der Waals surface area contributed by atoms with Crippen LogP contribution in [-0.4, -0.2) is 59.8 Å². The monoisotopic (exact) mass is 638 g/mol. The number of hydrogen-bond acceptors (Lipinski definition) is 10. The van der Waals surface area contributed by atoms with Gasteiger partial charge in [-0.25, -0.2) is 18.0 Å². The van der Waals surface area contributed by atoms with E-state index in [-0.39, 0.29) is 11.5 Å². The minimum atomic E-state index is -4.04. The molecule has 0 bridgehead atoms. The quantitative estimate of drug-likeness (QED) is 0.299. The summed E-state index contributed by atoms with van der Waals surface area (Å²) >= 11 is 11.2. The maximum absolute atomic E-state index is 15.2. The summed E-state index contributed by atoms with van der Waals surface area (Å²) in [7, 11) is 2.90. The first-order valence-electron chi connectivity index (χ1n) is 11.6. The van der Waals surface area contributed by atoms with E-state index in [2.05, 4.69) is 0 Å². The van der Waals surface area contributed by atoms with Gasteiger partial charge in [0, 0.05) is 18.0 Å². The highest BCUT2D eigenvalue weighted by atomic mass is 35.5. The first kappa shape index (κ1) is 30.9. The van der Waals surface area contributed by atoms with Gasteiger partial charge in [-0.05, 0) is 48.5 Å². The van der Waals surface area contributed by atoms with E-state index in [4.69, 9.17) is 51.2 Å². The molecule has 0 amide bonds. The number of aromatic nitrogens is 2. The van der Waals surface area contributed by atoms with Gasteiger partial charge in [-0.2, -0.15) is 0 Å². The van der Waals surface area contributed by atoms with Gasteiger partial charge in [0.15, 0.2) is 18.0 Å². The van der Waals surface area contributed by atoms with E-state index in [1.807, 2.05) is 0 Å². The van der Waals surface area contributed by atoms with Crippen molar-refractivity contribution in [2.24, 2.45) is 0 Å². The number of aliphatic hydroxyl groups is 1. The number of ether oxygens (including phenoxy) is 3. The number of aliphatic hydroxyl groups excluding tert-OH is 1. The Kier molecular flexibility index (Phi) is 9.36. The minimum Gasteiger partial charge on any atom is -0.497 e. The molecule has 1 saturated heterocycles. The Morgan fingerprint density at radius 2 is 1.54 bits per heavy atom. The van der Waals surface area contributed by atoms with Gasteiger partial charge in [0.2, 0.25) is 0 Å². The Labute approximate surface area is 240 Å². The van der Waals surface area contributed by atoms with Crippen molar-refractivity contribution in [2.45, 2.75) is 30.5 Å². The summed E-state index contributed by atoms with van der Waals surface area (Å²) in [5, 5.41) is 10.1. The number of nitrogens with zero attached hydrogens (tertiary/aromatic N) is 1. The van der Waals surface area contributed by atoms with Crippen molar-refractivity contribution in [1.29, 1.82) is 0 Å². The third-order valence-corrected chi connectivity index (χ3v) is 8.33. The van der Waals surface area contributed by atoms with Crippen LogP contribution in [0.2, 0.25) is 5.02 Å². The molecule has 1 aromatic heterocycles. The molecule has 1 aliphatic rings. The van der Waals surface area contributed by atoms with Crippen molar-refractivity contribution in [2.75, 3.05) is 20.8 Å². The van der Waals surface area contributed by atoms with Crippen LogP contribution in [0, 0.1) is 0 Å². The number of H-pyrrole nitrogens is 1. The number of hydrogen-bond donors (Lipinski definition) is 2. The Balaban J connectivity index is 1.65. The third kappa shape index (κ3) is 6.55. The zero-order valence-corrected chi connectivity index (χ0v) is 23.7. The zero-order valence-electron chi connectivity index (χ0n) is 21.2. The summed E-state index contributed by atoms with van der Waals surface area (Å²) in [6.45, 7) is -5.26. The highest BCUT2D eigenvalue weighted by Crippen LogP contribution is 2.53. The second-order valence-electron chi connectivity index (χ2n) is 8.55. The predicted molar refractivity (Wildman–Crippen MR) is 144 cm³/mol. The van der Waals surface area contributed by atoms with Crippen LogP contribution in [0.3, 0.4) is 0 Å². The topological polar surface area (TPSA) is 130 Å². The lowest BCUT2D eigenvalue weighted by atomic mass is 9.97. The third-order valence-electron chi connectivity index (χ3n) is 5.98. The number of aromatic amines is 1. The van der Waals surface area contributed by atoms with Gasteiger partial charge < -0.3 is 28.4 Å². The van der Waals surface area contributed by atoms with Gasteiger partial charge >= 0.3 is 12.4 Å². The minimum absolute atomic E-state index is 0.123. The zero-order chi connectivity index (χ0) is 29.9. The molecule has 11 nitrogen and oxygen atoms in total. The fraction of sp³-hybridized carbons (Fsp3) is 0.333. The first-order valence-corrected chi connectivity index (χ1v) is 14.6. The summed E-state index contributed by atoms with van der Waals surface area (Å²) in [6.07, 6.45) is -10.0. The number of benzene rings is 2. The van der Waals surface area contributed by atoms with Crippen LogP contribution < -0.4 is 29.8 Å². The highest BCUT2D eigenvalue weighted by Gasteiger charge is 2.62. The van der Waals surface area contributed by atoms with Gasteiger partial charge in [-0.3, -0.25) is 18.9 Å². The summed E-state index contributed by atoms with van der Waals surface area (Å²) in [6, 6.07) is 12.0. The molecule has 1 aliphatic heterocycles.